The zero-order chi connectivity index (χ0) is 16.9. The molecule has 0 saturated heterocycles. The van der Waals surface area contributed by atoms with Gasteiger partial charge in [0.2, 0.25) is 0 Å². The van der Waals surface area contributed by atoms with Crippen LogP contribution < -0.4 is 15.4 Å². The van der Waals surface area contributed by atoms with Crippen molar-refractivity contribution in [2.45, 2.75) is 32.9 Å². The summed E-state index contributed by atoms with van der Waals surface area (Å²) in [6.07, 6.45) is -0.523. The van der Waals surface area contributed by atoms with Crippen molar-refractivity contribution in [1.82, 2.24) is 9.59 Å². The Morgan fingerprint density at radius 2 is 2.13 bits per heavy atom. The standard InChI is InChI=1S/C15H20N4O3S/c1-15(2,3)22-14(20)17-12-6-5-10(7-13(12)21-4)16-8-11-9-23-19-18-11/h5-7,9,16H,8H2,1-4H3,(H,17,20). The molecule has 0 spiro atoms. The van der Waals surface area contributed by atoms with E-state index >= 15 is 0 Å². The second-order valence-corrected chi connectivity index (χ2v) is 6.40. The van der Waals surface area contributed by atoms with Crippen molar-refractivity contribution in [3.63, 3.8) is 0 Å². The van der Waals surface area contributed by atoms with Crippen LogP contribution >= 0.6 is 11.5 Å². The Hall–Kier alpha value is -2.35. The Morgan fingerprint density at radius 3 is 2.74 bits per heavy atom. The molecule has 1 amide bonds. The lowest BCUT2D eigenvalue weighted by Gasteiger charge is -2.20. The van der Waals surface area contributed by atoms with Crippen molar-refractivity contribution >= 4 is 29.0 Å². The highest BCUT2D eigenvalue weighted by Crippen LogP contribution is 2.28. The van der Waals surface area contributed by atoms with Gasteiger partial charge in [0.15, 0.2) is 0 Å². The number of anilines is 2. The van der Waals surface area contributed by atoms with E-state index in [4.69, 9.17) is 9.47 Å². The van der Waals surface area contributed by atoms with Gasteiger partial charge in [-0.25, -0.2) is 4.79 Å². The quantitative estimate of drug-likeness (QED) is 0.869. The molecule has 1 heterocycles. The number of methoxy groups -OCH3 is 1. The second kappa shape index (κ2) is 7.28. The summed E-state index contributed by atoms with van der Waals surface area (Å²) in [6, 6.07) is 5.39. The number of nitrogens with zero attached hydrogens (tertiary/aromatic N) is 2. The fraction of sp³-hybridized carbons (Fsp3) is 0.400. The SMILES string of the molecule is COc1cc(NCc2csnn2)ccc1NC(=O)OC(C)(C)C. The lowest BCUT2D eigenvalue weighted by Crippen LogP contribution is -2.27. The van der Waals surface area contributed by atoms with E-state index in [0.717, 1.165) is 11.4 Å². The topological polar surface area (TPSA) is 85.4 Å². The Bertz CT molecular complexity index is 653. The molecular formula is C15H20N4O3S. The molecule has 0 radical (unpaired) electrons. The summed E-state index contributed by atoms with van der Waals surface area (Å²) in [4.78, 5) is 11.8. The molecule has 124 valence electrons. The number of nitrogens with one attached hydrogen (secondary N) is 2. The van der Waals surface area contributed by atoms with E-state index in [0.29, 0.717) is 18.0 Å². The first-order valence-electron chi connectivity index (χ1n) is 7.05. The van der Waals surface area contributed by atoms with E-state index in [1.54, 1.807) is 19.2 Å². The number of carbonyl (C=O) groups is 1. The zero-order valence-corrected chi connectivity index (χ0v) is 14.4. The van der Waals surface area contributed by atoms with Crippen LogP contribution in [0.5, 0.6) is 5.75 Å². The van der Waals surface area contributed by atoms with Crippen LogP contribution in [0.2, 0.25) is 0 Å². The van der Waals surface area contributed by atoms with Crippen LogP contribution in [0.1, 0.15) is 26.5 Å². The first kappa shape index (κ1) is 17.0. The van der Waals surface area contributed by atoms with Crippen LogP contribution in [0.15, 0.2) is 23.6 Å². The molecule has 0 fully saturated rings. The van der Waals surface area contributed by atoms with Gasteiger partial charge in [-0.3, -0.25) is 5.32 Å². The highest BCUT2D eigenvalue weighted by Gasteiger charge is 2.17. The van der Waals surface area contributed by atoms with Gasteiger partial charge in [-0.15, -0.1) is 5.10 Å². The van der Waals surface area contributed by atoms with Crippen molar-refractivity contribution in [2.75, 3.05) is 17.7 Å². The number of ether oxygens (including phenoxy) is 2. The van der Waals surface area contributed by atoms with E-state index in [1.807, 2.05) is 32.2 Å². The largest absolute Gasteiger partial charge is 0.494 e. The van der Waals surface area contributed by atoms with Gasteiger partial charge in [0.25, 0.3) is 0 Å². The predicted octanol–water partition coefficient (Wildman–Crippen LogP) is 3.51. The minimum Gasteiger partial charge on any atom is -0.494 e. The number of rotatable bonds is 5. The van der Waals surface area contributed by atoms with E-state index in [2.05, 4.69) is 20.2 Å². The van der Waals surface area contributed by atoms with Crippen LogP contribution in [0, 0.1) is 0 Å². The minimum absolute atomic E-state index is 0.523. The Morgan fingerprint density at radius 1 is 1.35 bits per heavy atom. The number of amides is 1. The molecule has 0 aliphatic heterocycles. The molecule has 2 aromatic rings. The Kier molecular flexibility index (Phi) is 5.38. The fourth-order valence-electron chi connectivity index (χ4n) is 1.77. The molecule has 0 aliphatic rings. The summed E-state index contributed by atoms with van der Waals surface area (Å²) < 4.78 is 14.4. The van der Waals surface area contributed by atoms with E-state index < -0.39 is 11.7 Å². The van der Waals surface area contributed by atoms with E-state index in [-0.39, 0.29) is 0 Å². The molecule has 8 heteroatoms. The third-order valence-electron chi connectivity index (χ3n) is 2.72. The van der Waals surface area contributed by atoms with E-state index in [1.165, 1.54) is 11.5 Å². The summed E-state index contributed by atoms with van der Waals surface area (Å²) >= 11 is 1.31. The zero-order valence-electron chi connectivity index (χ0n) is 13.5. The van der Waals surface area contributed by atoms with Gasteiger partial charge in [0, 0.05) is 17.1 Å². The smallest absolute Gasteiger partial charge is 0.412 e. The third kappa shape index (κ3) is 5.41. The summed E-state index contributed by atoms with van der Waals surface area (Å²) in [5, 5.41) is 11.7. The number of carbonyl (C=O) groups excluding carboxylic acids is 1. The normalized spacial score (nSPS) is 11.0. The number of hydrogen-bond acceptors (Lipinski definition) is 7. The average Bonchev–Trinajstić information content (AvgIpc) is 2.97. The molecule has 0 unspecified atom stereocenters. The molecule has 1 aromatic carbocycles. The van der Waals surface area contributed by atoms with Crippen LogP contribution in [-0.2, 0) is 11.3 Å². The third-order valence-corrected chi connectivity index (χ3v) is 3.27. The first-order valence-corrected chi connectivity index (χ1v) is 7.89. The van der Waals surface area contributed by atoms with Gasteiger partial charge in [-0.05, 0) is 44.4 Å². The molecule has 23 heavy (non-hydrogen) atoms. The van der Waals surface area contributed by atoms with Crippen molar-refractivity contribution in [3.05, 3.63) is 29.3 Å². The highest BCUT2D eigenvalue weighted by molar-refractivity contribution is 7.03. The molecule has 0 bridgehead atoms. The van der Waals surface area contributed by atoms with Crippen LogP contribution in [-0.4, -0.2) is 28.4 Å². The van der Waals surface area contributed by atoms with Gasteiger partial charge in [-0.2, -0.15) is 0 Å². The average molecular weight is 336 g/mol. The van der Waals surface area contributed by atoms with Crippen molar-refractivity contribution < 1.29 is 14.3 Å². The molecule has 0 aliphatic carbocycles. The van der Waals surface area contributed by atoms with Crippen molar-refractivity contribution in [1.29, 1.82) is 0 Å². The van der Waals surface area contributed by atoms with Gasteiger partial charge >= 0.3 is 6.09 Å². The molecule has 0 atom stereocenters. The molecule has 1 aromatic heterocycles. The molecule has 7 nitrogen and oxygen atoms in total. The summed E-state index contributed by atoms with van der Waals surface area (Å²) in [7, 11) is 1.55. The lowest BCUT2D eigenvalue weighted by molar-refractivity contribution is 0.0635. The van der Waals surface area contributed by atoms with Gasteiger partial charge < -0.3 is 14.8 Å². The van der Waals surface area contributed by atoms with Crippen molar-refractivity contribution in [3.8, 4) is 5.75 Å². The number of aromatic nitrogens is 2. The van der Waals surface area contributed by atoms with Gasteiger partial charge in [0.1, 0.15) is 11.4 Å². The van der Waals surface area contributed by atoms with Gasteiger partial charge in [-0.1, -0.05) is 4.49 Å². The van der Waals surface area contributed by atoms with Crippen LogP contribution in [0.25, 0.3) is 0 Å². The highest BCUT2D eigenvalue weighted by atomic mass is 32.1. The Balaban J connectivity index is 2.02. The van der Waals surface area contributed by atoms with Crippen molar-refractivity contribution in [2.24, 2.45) is 0 Å². The van der Waals surface area contributed by atoms with Gasteiger partial charge in [0.05, 0.1) is 25.0 Å². The molecule has 2 rings (SSSR count). The maximum absolute atomic E-state index is 11.8. The Labute approximate surface area is 139 Å². The summed E-state index contributed by atoms with van der Waals surface area (Å²) in [5.41, 5.74) is 1.71. The summed E-state index contributed by atoms with van der Waals surface area (Å²) in [5.74, 6) is 0.539. The second-order valence-electron chi connectivity index (χ2n) is 5.79. The van der Waals surface area contributed by atoms with Crippen LogP contribution in [0.3, 0.4) is 0 Å². The molecule has 2 N–H and O–H groups in total. The maximum atomic E-state index is 11.8. The van der Waals surface area contributed by atoms with E-state index in [9.17, 15) is 4.79 Å². The monoisotopic (exact) mass is 336 g/mol. The molecule has 0 saturated carbocycles. The maximum Gasteiger partial charge on any atom is 0.412 e. The fourth-order valence-corrected chi connectivity index (χ4v) is 2.22. The number of hydrogen-bond donors (Lipinski definition) is 2. The number of benzene rings is 1. The van der Waals surface area contributed by atoms with Crippen LogP contribution in [0.4, 0.5) is 16.2 Å². The summed E-state index contributed by atoms with van der Waals surface area (Å²) in [6.45, 7) is 6.00. The predicted molar refractivity (Wildman–Crippen MR) is 90.1 cm³/mol. The first-order chi connectivity index (χ1) is 10.9. The molecular weight excluding hydrogens is 316 g/mol. The minimum atomic E-state index is -0.555. The lowest BCUT2D eigenvalue weighted by atomic mass is 10.2.